The molecule has 4 heteroatoms. The molecule has 0 aromatic carbocycles. The molecule has 1 aromatic rings. The smallest absolute Gasteiger partial charge is 0.0503 e. The highest BCUT2D eigenvalue weighted by Gasteiger charge is 2.02. The molecule has 0 fully saturated rings. The Labute approximate surface area is 65.4 Å². The first-order chi connectivity index (χ1) is 5.24. The molecule has 0 saturated carbocycles. The predicted molar refractivity (Wildman–Crippen MR) is 44.6 cm³/mol. The monoisotopic (exact) mass is 152 g/mol. The molecular weight excluding hydrogens is 140 g/mol. The van der Waals surface area contributed by atoms with E-state index >= 15 is 0 Å². The van der Waals surface area contributed by atoms with Gasteiger partial charge in [0.25, 0.3) is 0 Å². The van der Waals surface area contributed by atoms with Crippen molar-refractivity contribution >= 4 is 5.69 Å². The molecule has 1 heterocycles. The highest BCUT2D eigenvalue weighted by molar-refractivity contribution is 5.38. The van der Waals surface area contributed by atoms with Crippen molar-refractivity contribution in [2.45, 2.75) is 6.04 Å². The first kappa shape index (κ1) is 7.97. The van der Waals surface area contributed by atoms with Crippen molar-refractivity contribution in [2.75, 3.05) is 12.3 Å². The summed E-state index contributed by atoms with van der Waals surface area (Å²) in [6.45, 7) is 0.408. The van der Waals surface area contributed by atoms with Crippen LogP contribution >= 0.6 is 0 Å². The fraction of sp³-hybridized carbons (Fsp3) is 0.286. The molecule has 0 unspecified atom stereocenters. The molecule has 1 rings (SSSR count). The van der Waals surface area contributed by atoms with Crippen LogP contribution in [0.15, 0.2) is 18.5 Å². The fourth-order valence-corrected chi connectivity index (χ4v) is 0.815. The van der Waals surface area contributed by atoms with Gasteiger partial charge in [-0.15, -0.1) is 0 Å². The zero-order chi connectivity index (χ0) is 8.27. The second-order valence-corrected chi connectivity index (χ2v) is 2.39. The molecule has 1 atom stereocenters. The van der Waals surface area contributed by atoms with Gasteiger partial charge < -0.3 is 17.2 Å². The van der Waals surface area contributed by atoms with E-state index in [0.717, 1.165) is 5.56 Å². The van der Waals surface area contributed by atoms with Gasteiger partial charge in [0.2, 0.25) is 0 Å². The molecule has 0 aliphatic carbocycles. The zero-order valence-corrected chi connectivity index (χ0v) is 6.20. The minimum Gasteiger partial charge on any atom is -0.397 e. The number of pyridine rings is 1. The predicted octanol–water partition coefficient (Wildman–Crippen LogP) is -0.378. The van der Waals surface area contributed by atoms with Gasteiger partial charge >= 0.3 is 0 Å². The van der Waals surface area contributed by atoms with Gasteiger partial charge in [-0.25, -0.2) is 0 Å². The first-order valence-electron chi connectivity index (χ1n) is 3.40. The molecule has 0 radical (unpaired) electrons. The van der Waals surface area contributed by atoms with E-state index in [9.17, 15) is 0 Å². The minimum absolute atomic E-state index is 0.161. The largest absolute Gasteiger partial charge is 0.397 e. The summed E-state index contributed by atoms with van der Waals surface area (Å²) in [5.74, 6) is 0. The lowest BCUT2D eigenvalue weighted by Crippen LogP contribution is -2.20. The second kappa shape index (κ2) is 3.32. The third-order valence-electron chi connectivity index (χ3n) is 1.46. The second-order valence-electron chi connectivity index (χ2n) is 2.39. The maximum absolute atomic E-state index is 5.64. The van der Waals surface area contributed by atoms with Crippen molar-refractivity contribution < 1.29 is 0 Å². The van der Waals surface area contributed by atoms with Crippen molar-refractivity contribution in [1.29, 1.82) is 0 Å². The molecule has 0 spiro atoms. The van der Waals surface area contributed by atoms with Crippen LogP contribution in [-0.2, 0) is 0 Å². The van der Waals surface area contributed by atoms with Crippen LogP contribution in [0, 0.1) is 0 Å². The number of hydrogen-bond acceptors (Lipinski definition) is 4. The third-order valence-corrected chi connectivity index (χ3v) is 1.46. The number of nitrogens with two attached hydrogens (primary N) is 3. The van der Waals surface area contributed by atoms with Gasteiger partial charge in [-0.3, -0.25) is 4.98 Å². The van der Waals surface area contributed by atoms with Crippen LogP contribution < -0.4 is 17.2 Å². The Morgan fingerprint density at radius 2 is 2.18 bits per heavy atom. The summed E-state index contributed by atoms with van der Waals surface area (Å²) < 4.78 is 0. The molecule has 60 valence electrons. The Kier molecular flexibility index (Phi) is 2.40. The maximum Gasteiger partial charge on any atom is 0.0503 e. The summed E-state index contributed by atoms with van der Waals surface area (Å²) in [5, 5.41) is 0. The Balaban J connectivity index is 2.86. The molecule has 0 aliphatic rings. The molecular formula is C7H12N4. The van der Waals surface area contributed by atoms with Crippen molar-refractivity contribution in [2.24, 2.45) is 11.5 Å². The lowest BCUT2D eigenvalue weighted by Gasteiger charge is -2.07. The number of anilines is 1. The third kappa shape index (κ3) is 1.89. The van der Waals surface area contributed by atoms with Crippen molar-refractivity contribution in [1.82, 2.24) is 4.98 Å². The van der Waals surface area contributed by atoms with Crippen LogP contribution in [0.25, 0.3) is 0 Å². The van der Waals surface area contributed by atoms with Crippen LogP contribution in [0.4, 0.5) is 5.69 Å². The van der Waals surface area contributed by atoms with E-state index in [4.69, 9.17) is 17.2 Å². The van der Waals surface area contributed by atoms with Crippen LogP contribution in [0.3, 0.4) is 0 Å². The van der Waals surface area contributed by atoms with Crippen LogP contribution in [0.5, 0.6) is 0 Å². The first-order valence-corrected chi connectivity index (χ1v) is 3.40. The number of nitrogen functional groups attached to an aromatic ring is 1. The molecule has 6 N–H and O–H groups in total. The Bertz CT molecular complexity index is 236. The van der Waals surface area contributed by atoms with Gasteiger partial charge in [0.15, 0.2) is 0 Å². The van der Waals surface area contributed by atoms with Gasteiger partial charge in [0.1, 0.15) is 0 Å². The van der Waals surface area contributed by atoms with E-state index in [0.29, 0.717) is 12.2 Å². The highest BCUT2D eigenvalue weighted by Crippen LogP contribution is 2.09. The molecule has 0 saturated heterocycles. The van der Waals surface area contributed by atoms with Crippen LogP contribution in [0.2, 0.25) is 0 Å². The summed E-state index contributed by atoms with van der Waals surface area (Å²) in [6.07, 6.45) is 3.25. The van der Waals surface area contributed by atoms with Gasteiger partial charge in [0, 0.05) is 25.0 Å². The van der Waals surface area contributed by atoms with Gasteiger partial charge in [-0.2, -0.15) is 0 Å². The van der Waals surface area contributed by atoms with E-state index < -0.39 is 0 Å². The average Bonchev–Trinajstić information content (AvgIpc) is 2.03. The summed E-state index contributed by atoms with van der Waals surface area (Å²) in [6, 6.07) is 1.62. The van der Waals surface area contributed by atoms with Gasteiger partial charge in [0.05, 0.1) is 5.69 Å². The summed E-state index contributed by atoms with van der Waals surface area (Å²) in [4.78, 5) is 3.89. The van der Waals surface area contributed by atoms with E-state index in [1.807, 2.05) is 0 Å². The molecule has 0 bridgehead atoms. The van der Waals surface area contributed by atoms with E-state index in [-0.39, 0.29) is 6.04 Å². The number of nitrogens with zero attached hydrogens (tertiary/aromatic N) is 1. The van der Waals surface area contributed by atoms with Crippen molar-refractivity contribution in [3.63, 3.8) is 0 Å². The number of rotatable bonds is 2. The Morgan fingerprint density at radius 1 is 1.45 bits per heavy atom. The van der Waals surface area contributed by atoms with E-state index in [1.165, 1.54) is 0 Å². The molecule has 4 nitrogen and oxygen atoms in total. The summed E-state index contributed by atoms with van der Waals surface area (Å²) in [7, 11) is 0. The van der Waals surface area contributed by atoms with Gasteiger partial charge in [-0.05, 0) is 11.6 Å². The van der Waals surface area contributed by atoms with Crippen LogP contribution in [-0.4, -0.2) is 11.5 Å². The van der Waals surface area contributed by atoms with E-state index in [1.54, 1.807) is 18.5 Å². The molecule has 0 aliphatic heterocycles. The van der Waals surface area contributed by atoms with Crippen molar-refractivity contribution in [3.8, 4) is 0 Å². The topological polar surface area (TPSA) is 91.0 Å². The summed E-state index contributed by atoms with van der Waals surface area (Å²) >= 11 is 0. The van der Waals surface area contributed by atoms with E-state index in [2.05, 4.69) is 4.98 Å². The summed E-state index contributed by atoms with van der Waals surface area (Å²) in [5.41, 5.74) is 18.0. The zero-order valence-electron chi connectivity index (χ0n) is 6.20. The number of hydrogen-bond donors (Lipinski definition) is 3. The molecule has 0 amide bonds. The normalized spacial score (nSPS) is 12.9. The molecule has 1 aromatic heterocycles. The lowest BCUT2D eigenvalue weighted by molar-refractivity contribution is 0.733. The Hall–Kier alpha value is -1.13. The molecule has 11 heavy (non-hydrogen) atoms. The standard InChI is InChI=1S/C7H12N4/c8-2-7(10)5-1-6(9)4-11-3-5/h1,3-4,7H,2,8-10H2/t7-/m0/s1. The number of aromatic nitrogens is 1. The maximum atomic E-state index is 5.64. The Morgan fingerprint density at radius 3 is 2.73 bits per heavy atom. The fourth-order valence-electron chi connectivity index (χ4n) is 0.815. The van der Waals surface area contributed by atoms with Crippen LogP contribution in [0.1, 0.15) is 11.6 Å². The quantitative estimate of drug-likeness (QED) is 0.539. The minimum atomic E-state index is -0.161. The SMILES string of the molecule is NC[C@H](N)c1cncc(N)c1. The lowest BCUT2D eigenvalue weighted by atomic mass is 10.1. The average molecular weight is 152 g/mol. The van der Waals surface area contributed by atoms with Crippen molar-refractivity contribution in [3.05, 3.63) is 24.0 Å². The van der Waals surface area contributed by atoms with Gasteiger partial charge in [-0.1, -0.05) is 0 Å². The highest BCUT2D eigenvalue weighted by atomic mass is 14.7.